The first kappa shape index (κ1) is 27.0. The summed E-state index contributed by atoms with van der Waals surface area (Å²) in [5.41, 5.74) is 2.67. The summed E-state index contributed by atoms with van der Waals surface area (Å²) in [4.78, 5) is 0. The van der Waals surface area contributed by atoms with Gasteiger partial charge in [0.15, 0.2) is 0 Å². The van der Waals surface area contributed by atoms with E-state index in [1.807, 2.05) is 0 Å². The number of hydrogen-bond acceptors (Lipinski definition) is 2. The Labute approximate surface area is 258 Å². The first-order valence-electron chi connectivity index (χ1n) is 15.6. The molecular formula is C42H38O2. The molecule has 8 rings (SSSR count). The Kier molecular flexibility index (Phi) is 5.52. The summed E-state index contributed by atoms with van der Waals surface area (Å²) in [5.74, 6) is 1.77. The average molecular weight is 575 g/mol. The van der Waals surface area contributed by atoms with Crippen molar-refractivity contribution in [3.05, 3.63) is 96.1 Å². The van der Waals surface area contributed by atoms with E-state index in [1.54, 1.807) is 14.2 Å². The summed E-state index contributed by atoms with van der Waals surface area (Å²) in [6, 6.07) is 32.1. The van der Waals surface area contributed by atoms with Crippen LogP contribution < -0.4 is 9.47 Å². The molecule has 0 bridgehead atoms. The third-order valence-electron chi connectivity index (χ3n) is 9.83. The number of rotatable bonds is 2. The van der Waals surface area contributed by atoms with Gasteiger partial charge in [-0.25, -0.2) is 0 Å². The lowest BCUT2D eigenvalue weighted by Crippen LogP contribution is -2.12. The van der Waals surface area contributed by atoms with Gasteiger partial charge in [0, 0.05) is 0 Å². The van der Waals surface area contributed by atoms with Crippen molar-refractivity contribution in [3.63, 3.8) is 0 Å². The zero-order valence-corrected chi connectivity index (χ0v) is 26.9. The lowest BCUT2D eigenvalue weighted by molar-refractivity contribution is 0.415. The van der Waals surface area contributed by atoms with Gasteiger partial charge in [-0.15, -0.1) is 0 Å². The smallest absolute Gasteiger partial charge is 0.119 e. The van der Waals surface area contributed by atoms with Gasteiger partial charge in [-0.05, 0) is 146 Å². The minimum Gasteiger partial charge on any atom is -0.497 e. The summed E-state index contributed by atoms with van der Waals surface area (Å²) in [7, 11) is 3.48. The van der Waals surface area contributed by atoms with Crippen molar-refractivity contribution in [1.29, 1.82) is 0 Å². The molecule has 0 atom stereocenters. The molecule has 0 saturated heterocycles. The Morgan fingerprint density at radius 3 is 1.09 bits per heavy atom. The van der Waals surface area contributed by atoms with E-state index >= 15 is 0 Å². The Morgan fingerprint density at radius 1 is 0.364 bits per heavy atom. The fraction of sp³-hybridized carbons (Fsp3) is 0.238. The minimum absolute atomic E-state index is 0.0134. The van der Waals surface area contributed by atoms with Crippen LogP contribution in [0.3, 0.4) is 0 Å². The molecule has 0 aliphatic rings. The molecule has 218 valence electrons. The highest BCUT2D eigenvalue weighted by atomic mass is 16.5. The first-order chi connectivity index (χ1) is 21.0. The Hall–Kier alpha value is -4.56. The van der Waals surface area contributed by atoms with Crippen LogP contribution in [0.1, 0.15) is 52.7 Å². The maximum Gasteiger partial charge on any atom is 0.119 e. The fourth-order valence-corrected chi connectivity index (χ4v) is 7.41. The lowest BCUT2D eigenvalue weighted by atomic mass is 9.77. The van der Waals surface area contributed by atoms with E-state index < -0.39 is 0 Å². The molecule has 8 aromatic rings. The number of methoxy groups -OCH3 is 2. The molecule has 0 fully saturated rings. The van der Waals surface area contributed by atoms with Crippen molar-refractivity contribution >= 4 is 75.4 Å². The minimum atomic E-state index is -0.0134. The van der Waals surface area contributed by atoms with Gasteiger partial charge in [-0.2, -0.15) is 0 Å². The number of fused-ring (bicyclic) bond motifs is 10. The van der Waals surface area contributed by atoms with E-state index in [0.717, 1.165) is 11.5 Å². The molecule has 0 unspecified atom stereocenters. The molecule has 8 aromatic carbocycles. The second kappa shape index (κ2) is 8.99. The van der Waals surface area contributed by atoms with Crippen LogP contribution >= 0.6 is 0 Å². The average Bonchev–Trinajstić information content (AvgIpc) is 3.01. The van der Waals surface area contributed by atoms with Crippen LogP contribution in [0.2, 0.25) is 0 Å². The molecular weight excluding hydrogens is 536 g/mol. The van der Waals surface area contributed by atoms with Crippen LogP contribution in [0.15, 0.2) is 84.9 Å². The van der Waals surface area contributed by atoms with Crippen LogP contribution in [0.4, 0.5) is 0 Å². The third-order valence-corrected chi connectivity index (χ3v) is 9.83. The number of benzene rings is 8. The van der Waals surface area contributed by atoms with Crippen molar-refractivity contribution in [2.45, 2.75) is 52.4 Å². The Bertz CT molecular complexity index is 2290. The van der Waals surface area contributed by atoms with Crippen molar-refractivity contribution in [2.24, 2.45) is 0 Å². The lowest BCUT2D eigenvalue weighted by Gasteiger charge is -2.26. The number of ether oxygens (including phenoxy) is 2. The van der Waals surface area contributed by atoms with Crippen LogP contribution in [-0.2, 0) is 10.8 Å². The molecule has 44 heavy (non-hydrogen) atoms. The Morgan fingerprint density at radius 2 is 0.727 bits per heavy atom. The van der Waals surface area contributed by atoms with E-state index in [2.05, 4.69) is 126 Å². The predicted octanol–water partition coefficient (Wildman–Crippen LogP) is 11.8. The van der Waals surface area contributed by atoms with Crippen molar-refractivity contribution in [3.8, 4) is 11.5 Å². The largest absolute Gasteiger partial charge is 0.497 e. The number of hydrogen-bond donors (Lipinski definition) is 0. The zero-order chi connectivity index (χ0) is 30.7. The molecule has 0 saturated carbocycles. The summed E-state index contributed by atoms with van der Waals surface area (Å²) >= 11 is 0. The van der Waals surface area contributed by atoms with Crippen LogP contribution in [0.5, 0.6) is 11.5 Å². The third kappa shape index (κ3) is 3.73. The normalized spacial score (nSPS) is 13.0. The van der Waals surface area contributed by atoms with Crippen molar-refractivity contribution < 1.29 is 9.47 Å². The van der Waals surface area contributed by atoms with Gasteiger partial charge >= 0.3 is 0 Å². The van der Waals surface area contributed by atoms with E-state index in [4.69, 9.17) is 9.47 Å². The van der Waals surface area contributed by atoms with E-state index in [1.165, 1.54) is 86.5 Å². The summed E-state index contributed by atoms with van der Waals surface area (Å²) in [6.07, 6.45) is 0. The molecule has 0 amide bonds. The highest BCUT2D eigenvalue weighted by molar-refractivity contribution is 6.44. The van der Waals surface area contributed by atoms with Gasteiger partial charge in [0.2, 0.25) is 0 Å². The summed E-state index contributed by atoms with van der Waals surface area (Å²) in [5, 5.41) is 18.2. The quantitative estimate of drug-likeness (QED) is 0.151. The molecule has 0 N–H and O–H groups in total. The first-order valence-corrected chi connectivity index (χ1v) is 15.6. The van der Waals surface area contributed by atoms with E-state index in [-0.39, 0.29) is 10.8 Å². The van der Waals surface area contributed by atoms with Gasteiger partial charge < -0.3 is 9.47 Å². The monoisotopic (exact) mass is 574 g/mol. The molecule has 0 aliphatic carbocycles. The van der Waals surface area contributed by atoms with Crippen molar-refractivity contribution in [2.75, 3.05) is 14.2 Å². The van der Waals surface area contributed by atoms with Gasteiger partial charge in [-0.1, -0.05) is 77.9 Å². The highest BCUT2D eigenvalue weighted by Gasteiger charge is 2.25. The molecule has 2 nitrogen and oxygen atoms in total. The van der Waals surface area contributed by atoms with Crippen LogP contribution in [0, 0.1) is 0 Å². The molecule has 0 aliphatic heterocycles. The van der Waals surface area contributed by atoms with Gasteiger partial charge in [0.05, 0.1) is 14.2 Å². The van der Waals surface area contributed by atoms with Crippen LogP contribution in [-0.4, -0.2) is 14.2 Å². The topological polar surface area (TPSA) is 18.5 Å². The predicted molar refractivity (Wildman–Crippen MR) is 191 cm³/mol. The van der Waals surface area contributed by atoms with E-state index in [9.17, 15) is 0 Å². The standard InChI is InChI=1S/C42H38O2/c1-41(2,3)25-19-33-31-13-9-24-18-28(44-8)12-16-30(24)38(31)36-22-26(42(4,5)6)20-34-32-14-10-23-17-27(43-7)11-15-29(23)37(32)35(21-25)39(33)40(34)36/h9-22H,1-8H3. The highest BCUT2D eigenvalue weighted by Crippen LogP contribution is 2.50. The molecule has 2 heteroatoms. The second-order valence-corrected chi connectivity index (χ2v) is 14.5. The maximum absolute atomic E-state index is 5.63. The zero-order valence-electron chi connectivity index (χ0n) is 26.9. The molecule has 0 heterocycles. The molecule has 0 aromatic heterocycles. The maximum atomic E-state index is 5.63. The second-order valence-electron chi connectivity index (χ2n) is 14.5. The summed E-state index contributed by atoms with van der Waals surface area (Å²) < 4.78 is 11.3. The summed E-state index contributed by atoms with van der Waals surface area (Å²) in [6.45, 7) is 13.9. The fourth-order valence-electron chi connectivity index (χ4n) is 7.41. The molecule has 0 spiro atoms. The van der Waals surface area contributed by atoms with Gasteiger partial charge in [0.1, 0.15) is 11.5 Å². The van der Waals surface area contributed by atoms with Gasteiger partial charge in [0.25, 0.3) is 0 Å². The van der Waals surface area contributed by atoms with Gasteiger partial charge in [-0.3, -0.25) is 0 Å². The molecule has 0 radical (unpaired) electrons. The van der Waals surface area contributed by atoms with E-state index in [0.29, 0.717) is 0 Å². The Balaban J connectivity index is 1.74. The van der Waals surface area contributed by atoms with Crippen molar-refractivity contribution in [1.82, 2.24) is 0 Å². The SMILES string of the molecule is COc1ccc2c(ccc3c4cc(C(C)(C)C)cc5c6c7ccc(OC)cc7ccc6c6cc(C(C)(C)C)cc(c23)c6c45)c1. The van der Waals surface area contributed by atoms with Crippen LogP contribution in [0.25, 0.3) is 75.4 Å².